The molecule has 2 N–H and O–H groups in total. The van der Waals surface area contributed by atoms with Gasteiger partial charge >= 0.3 is 0 Å². The van der Waals surface area contributed by atoms with Crippen LogP contribution in [0.25, 0.3) is 10.9 Å². The molecule has 0 radical (unpaired) electrons. The Kier molecular flexibility index (Phi) is 2.82. The van der Waals surface area contributed by atoms with Crippen LogP contribution in [0, 0.1) is 0 Å². The van der Waals surface area contributed by atoms with Crippen LogP contribution in [0.4, 0.5) is 0 Å². The van der Waals surface area contributed by atoms with Crippen molar-refractivity contribution in [3.63, 3.8) is 0 Å². The highest BCUT2D eigenvalue weighted by molar-refractivity contribution is 5.82. The number of aromatic amines is 1. The van der Waals surface area contributed by atoms with Crippen molar-refractivity contribution in [1.29, 1.82) is 0 Å². The number of H-pyrrole nitrogens is 1. The van der Waals surface area contributed by atoms with Gasteiger partial charge in [-0.25, -0.2) is 0 Å². The summed E-state index contributed by atoms with van der Waals surface area (Å²) in [4.78, 5) is 5.95. The summed E-state index contributed by atoms with van der Waals surface area (Å²) >= 11 is 0. The van der Waals surface area contributed by atoms with Crippen molar-refractivity contribution in [2.24, 2.45) is 0 Å². The number of nitrogens with one attached hydrogen (secondary N) is 2. The normalized spacial score (nSPS) is 27.2. The van der Waals surface area contributed by atoms with Crippen molar-refractivity contribution in [2.75, 3.05) is 13.1 Å². The zero-order chi connectivity index (χ0) is 12.7. The lowest BCUT2D eigenvalue weighted by Crippen LogP contribution is -2.38. The molecule has 19 heavy (non-hydrogen) atoms. The summed E-state index contributed by atoms with van der Waals surface area (Å²) in [7, 11) is 0. The van der Waals surface area contributed by atoms with Gasteiger partial charge in [0.05, 0.1) is 0 Å². The van der Waals surface area contributed by atoms with Crippen molar-refractivity contribution in [3.8, 4) is 0 Å². The van der Waals surface area contributed by atoms with Crippen molar-refractivity contribution < 1.29 is 0 Å². The number of nitrogens with zero attached hydrogens (tertiary/aromatic N) is 1. The lowest BCUT2D eigenvalue weighted by molar-refractivity contribution is 0.298. The molecule has 3 heteroatoms. The summed E-state index contributed by atoms with van der Waals surface area (Å²) in [6.45, 7) is 3.59. The largest absolute Gasteiger partial charge is 0.361 e. The molecule has 2 aliphatic rings. The molecule has 1 aromatic heterocycles. The first kappa shape index (κ1) is 11.5. The second-order valence-corrected chi connectivity index (χ2v) is 5.88. The highest BCUT2D eigenvalue weighted by atomic mass is 15.2. The molecule has 2 fully saturated rings. The third kappa shape index (κ3) is 1.97. The minimum absolute atomic E-state index is 0.691. The Hall–Kier alpha value is -1.32. The van der Waals surface area contributed by atoms with E-state index in [4.69, 9.17) is 0 Å². The Bertz CT molecular complexity index is 574. The first-order chi connectivity index (χ1) is 9.42. The van der Waals surface area contributed by atoms with Crippen molar-refractivity contribution in [1.82, 2.24) is 15.2 Å². The quantitative estimate of drug-likeness (QED) is 0.883. The molecule has 0 amide bonds. The van der Waals surface area contributed by atoms with Gasteiger partial charge in [-0.2, -0.15) is 0 Å². The molecule has 0 bridgehead atoms. The summed E-state index contributed by atoms with van der Waals surface area (Å²) in [5.74, 6) is 0. The topological polar surface area (TPSA) is 31.1 Å². The average molecular weight is 255 g/mol. The van der Waals surface area contributed by atoms with Crippen LogP contribution in [0.2, 0.25) is 0 Å². The molecule has 2 unspecified atom stereocenters. The van der Waals surface area contributed by atoms with Gasteiger partial charge in [0.1, 0.15) is 0 Å². The van der Waals surface area contributed by atoms with E-state index in [1.165, 1.54) is 48.8 Å². The number of rotatable bonds is 3. The fourth-order valence-corrected chi connectivity index (χ4v) is 3.87. The second kappa shape index (κ2) is 4.66. The van der Waals surface area contributed by atoms with E-state index in [-0.39, 0.29) is 0 Å². The van der Waals surface area contributed by atoms with Gasteiger partial charge in [0, 0.05) is 42.3 Å². The summed E-state index contributed by atoms with van der Waals surface area (Å²) < 4.78 is 0. The van der Waals surface area contributed by atoms with Gasteiger partial charge in [-0.15, -0.1) is 0 Å². The van der Waals surface area contributed by atoms with Crippen molar-refractivity contribution in [2.45, 2.75) is 37.9 Å². The number of hydrogen-bond acceptors (Lipinski definition) is 2. The standard InChI is InChI=1S/C16H21N3/c1-3-12(13-6-8-17-14(13)4-1)11-18-15-7-10-19-9-2-5-16(15)19/h1,3-4,6,8,15-18H,2,5,7,9-11H2. The average Bonchev–Trinajstić information content (AvgIpc) is 3.13. The summed E-state index contributed by atoms with van der Waals surface area (Å²) in [5.41, 5.74) is 2.66. The fourth-order valence-electron chi connectivity index (χ4n) is 3.87. The van der Waals surface area contributed by atoms with Crippen LogP contribution in [0.5, 0.6) is 0 Å². The predicted octanol–water partition coefficient (Wildman–Crippen LogP) is 2.49. The Morgan fingerprint density at radius 2 is 2.21 bits per heavy atom. The van der Waals surface area contributed by atoms with Gasteiger partial charge < -0.3 is 10.3 Å². The number of hydrogen-bond donors (Lipinski definition) is 2. The van der Waals surface area contributed by atoms with E-state index in [0.717, 1.165) is 12.6 Å². The van der Waals surface area contributed by atoms with E-state index < -0.39 is 0 Å². The number of benzene rings is 1. The molecule has 0 saturated carbocycles. The van der Waals surface area contributed by atoms with Gasteiger partial charge in [0.25, 0.3) is 0 Å². The molecule has 100 valence electrons. The molecule has 2 atom stereocenters. The van der Waals surface area contributed by atoms with Crippen LogP contribution in [-0.4, -0.2) is 35.1 Å². The molecule has 3 nitrogen and oxygen atoms in total. The minimum atomic E-state index is 0.691. The maximum atomic E-state index is 3.80. The lowest BCUT2D eigenvalue weighted by Gasteiger charge is -2.21. The van der Waals surface area contributed by atoms with Gasteiger partial charge in [0.2, 0.25) is 0 Å². The summed E-state index contributed by atoms with van der Waals surface area (Å²) in [6.07, 6.45) is 6.11. The lowest BCUT2D eigenvalue weighted by atomic mass is 10.1. The van der Waals surface area contributed by atoms with Crippen LogP contribution in [0.3, 0.4) is 0 Å². The maximum absolute atomic E-state index is 3.80. The first-order valence-electron chi connectivity index (χ1n) is 7.44. The number of aromatic nitrogens is 1. The van der Waals surface area contributed by atoms with E-state index in [2.05, 4.69) is 39.5 Å². The molecule has 1 aromatic carbocycles. The Morgan fingerprint density at radius 1 is 1.21 bits per heavy atom. The predicted molar refractivity (Wildman–Crippen MR) is 78.1 cm³/mol. The van der Waals surface area contributed by atoms with Gasteiger partial charge in [-0.3, -0.25) is 4.90 Å². The molecule has 4 rings (SSSR count). The highest BCUT2D eigenvalue weighted by Crippen LogP contribution is 2.28. The van der Waals surface area contributed by atoms with Crippen LogP contribution in [0.15, 0.2) is 30.5 Å². The molecule has 3 heterocycles. The first-order valence-corrected chi connectivity index (χ1v) is 7.44. The Morgan fingerprint density at radius 3 is 3.21 bits per heavy atom. The molecular formula is C16H21N3. The maximum Gasteiger partial charge on any atom is 0.0457 e. The third-order valence-electron chi connectivity index (χ3n) is 4.85. The summed E-state index contributed by atoms with van der Waals surface area (Å²) in [6, 6.07) is 10.2. The molecule has 2 aliphatic heterocycles. The van der Waals surface area contributed by atoms with Crippen molar-refractivity contribution >= 4 is 10.9 Å². The zero-order valence-electron chi connectivity index (χ0n) is 11.2. The second-order valence-electron chi connectivity index (χ2n) is 5.88. The molecule has 0 spiro atoms. The van der Waals surface area contributed by atoms with Gasteiger partial charge in [-0.05, 0) is 43.5 Å². The van der Waals surface area contributed by atoms with E-state index in [1.807, 2.05) is 6.20 Å². The number of fused-ring (bicyclic) bond motifs is 2. The van der Waals surface area contributed by atoms with Crippen LogP contribution < -0.4 is 5.32 Å². The van der Waals surface area contributed by atoms with E-state index in [9.17, 15) is 0 Å². The van der Waals surface area contributed by atoms with Gasteiger partial charge in [0.15, 0.2) is 0 Å². The fraction of sp³-hybridized carbons (Fsp3) is 0.500. The molecule has 2 saturated heterocycles. The van der Waals surface area contributed by atoms with Crippen molar-refractivity contribution in [3.05, 3.63) is 36.0 Å². The molecular weight excluding hydrogens is 234 g/mol. The zero-order valence-corrected chi connectivity index (χ0v) is 11.2. The molecule has 2 aromatic rings. The Balaban J connectivity index is 1.49. The molecule has 0 aliphatic carbocycles. The summed E-state index contributed by atoms with van der Waals surface area (Å²) in [5, 5.41) is 5.15. The van der Waals surface area contributed by atoms with Crippen LogP contribution in [-0.2, 0) is 6.54 Å². The third-order valence-corrected chi connectivity index (χ3v) is 4.85. The van der Waals surface area contributed by atoms with Crippen LogP contribution in [0.1, 0.15) is 24.8 Å². The monoisotopic (exact) mass is 255 g/mol. The van der Waals surface area contributed by atoms with Gasteiger partial charge in [-0.1, -0.05) is 12.1 Å². The van der Waals surface area contributed by atoms with E-state index in [0.29, 0.717) is 6.04 Å². The van der Waals surface area contributed by atoms with E-state index in [1.54, 1.807) is 0 Å². The SMILES string of the molecule is c1cc(CNC2CCN3CCCC23)c2cc[nH]c2c1. The smallest absolute Gasteiger partial charge is 0.0457 e. The minimum Gasteiger partial charge on any atom is -0.361 e. The Labute approximate surface area is 114 Å². The van der Waals surface area contributed by atoms with Crippen LogP contribution >= 0.6 is 0 Å². The van der Waals surface area contributed by atoms with E-state index >= 15 is 0 Å². The highest BCUT2D eigenvalue weighted by Gasteiger charge is 2.36.